The van der Waals surface area contributed by atoms with Crippen molar-refractivity contribution in [2.24, 2.45) is 0 Å². The number of likely N-dealkylation sites (N-methyl/N-ethyl adjacent to an activating group) is 1. The van der Waals surface area contributed by atoms with E-state index < -0.39 is 18.1 Å². The Morgan fingerprint density at radius 1 is 1.17 bits per heavy atom. The molecule has 1 aromatic carbocycles. The van der Waals surface area contributed by atoms with Gasteiger partial charge in [-0.3, -0.25) is 0 Å². The van der Waals surface area contributed by atoms with Crippen LogP contribution in [0.4, 0.5) is 30.5 Å². The van der Waals surface area contributed by atoms with Gasteiger partial charge in [-0.05, 0) is 56.6 Å². The summed E-state index contributed by atoms with van der Waals surface area (Å²) in [6, 6.07) is 7.53. The lowest BCUT2D eigenvalue weighted by Crippen LogP contribution is -2.44. The molecule has 2 aromatic heterocycles. The smallest absolute Gasteiger partial charge is 0.478 e. The number of piperazine rings is 1. The molecule has 14 heteroatoms. The number of rotatable bonds is 10. The topological polar surface area (TPSA) is 114 Å². The number of anilines is 3. The van der Waals surface area contributed by atoms with Gasteiger partial charge in [0.2, 0.25) is 5.95 Å². The summed E-state index contributed by atoms with van der Waals surface area (Å²) in [5.41, 5.74) is 1.71. The normalized spacial score (nSPS) is 18.2. The number of hydrogen-bond acceptors (Lipinski definition) is 9. The molecule has 0 radical (unpaired) electrons. The molecule has 1 unspecified atom stereocenters. The van der Waals surface area contributed by atoms with Crippen LogP contribution in [0.5, 0.6) is 5.75 Å². The minimum atomic E-state index is -4.90. The van der Waals surface area contributed by atoms with Gasteiger partial charge >= 0.3 is 12.3 Å². The number of hydrogen-bond donors (Lipinski definition) is 2. The lowest BCUT2D eigenvalue weighted by Gasteiger charge is -2.34. The maximum atomic E-state index is 13.2. The predicted octanol–water partition coefficient (Wildman–Crippen LogP) is 4.58. The molecule has 3 aromatic rings. The fraction of sp³-hybridized carbons (Fsp3) is 0.464. The summed E-state index contributed by atoms with van der Waals surface area (Å²) in [6.07, 6.45) is 0.575. The van der Waals surface area contributed by atoms with Gasteiger partial charge in [0.25, 0.3) is 0 Å². The van der Waals surface area contributed by atoms with E-state index in [0.717, 1.165) is 51.1 Å². The largest absolute Gasteiger partial charge is 0.573 e. The second kappa shape index (κ2) is 13.0. The third-order valence-electron chi connectivity index (χ3n) is 7.14. The van der Waals surface area contributed by atoms with E-state index in [9.17, 15) is 23.1 Å². The van der Waals surface area contributed by atoms with Gasteiger partial charge in [-0.1, -0.05) is 0 Å². The summed E-state index contributed by atoms with van der Waals surface area (Å²) in [5, 5.41) is 12.5. The average Bonchev–Trinajstić information content (AvgIpc) is 3.39. The zero-order valence-electron chi connectivity index (χ0n) is 23.1. The first kappa shape index (κ1) is 29.6. The number of carboxylic acids is 1. The van der Waals surface area contributed by atoms with Crippen LogP contribution in [0.25, 0.3) is 11.4 Å². The Labute approximate surface area is 240 Å². The number of carbonyl (C=O) groups is 1. The number of aromatic carboxylic acids is 1. The second-order valence-electron chi connectivity index (χ2n) is 10.2. The fourth-order valence-corrected chi connectivity index (χ4v) is 4.93. The van der Waals surface area contributed by atoms with Crippen molar-refractivity contribution in [1.82, 2.24) is 19.4 Å². The molecule has 42 heavy (non-hydrogen) atoms. The van der Waals surface area contributed by atoms with Crippen molar-refractivity contribution in [2.45, 2.75) is 38.5 Å². The molecular weight excluding hydrogens is 557 g/mol. The Balaban J connectivity index is 1.39. The van der Waals surface area contributed by atoms with Crippen LogP contribution in [0, 0.1) is 0 Å². The van der Waals surface area contributed by atoms with E-state index >= 15 is 0 Å². The number of benzene rings is 1. The van der Waals surface area contributed by atoms with Crippen molar-refractivity contribution in [3.63, 3.8) is 0 Å². The summed E-state index contributed by atoms with van der Waals surface area (Å²) in [4.78, 5) is 24.7. The molecule has 2 aliphatic rings. The molecule has 2 fully saturated rings. The average molecular weight is 591 g/mol. The molecule has 0 spiro atoms. The van der Waals surface area contributed by atoms with E-state index in [2.05, 4.69) is 29.8 Å². The second-order valence-corrected chi connectivity index (χ2v) is 10.2. The van der Waals surface area contributed by atoms with Crippen molar-refractivity contribution in [3.05, 3.63) is 48.3 Å². The fourth-order valence-electron chi connectivity index (χ4n) is 4.93. The molecule has 0 saturated carbocycles. The molecule has 2 aliphatic heterocycles. The van der Waals surface area contributed by atoms with Gasteiger partial charge in [-0.25, -0.2) is 14.8 Å². The standard InChI is InChI=1S/C28H33F3N6O5/c1-35-9-11-36(12-10-35)20-5-6-24(42-28(29,30)31)22(17-20)34-27-32-8-7-21(33-27)23-16-19(26(38)39)18-37(23)13-15-41-25-4-2-3-14-40-25/h5-8,16-18,25H,2-4,9-15H2,1H3,(H,38,39)(H,32,33,34). The molecule has 0 amide bonds. The maximum Gasteiger partial charge on any atom is 0.573 e. The van der Waals surface area contributed by atoms with Crippen LogP contribution in [0.3, 0.4) is 0 Å². The molecule has 2 saturated heterocycles. The maximum absolute atomic E-state index is 13.2. The predicted molar refractivity (Wildman–Crippen MR) is 148 cm³/mol. The van der Waals surface area contributed by atoms with Crippen LogP contribution in [0.1, 0.15) is 29.6 Å². The van der Waals surface area contributed by atoms with Crippen molar-refractivity contribution in [1.29, 1.82) is 0 Å². The van der Waals surface area contributed by atoms with Crippen LogP contribution in [-0.4, -0.2) is 89.6 Å². The molecule has 5 rings (SSSR count). The number of halogens is 3. The number of nitrogens with zero attached hydrogens (tertiary/aromatic N) is 5. The van der Waals surface area contributed by atoms with Gasteiger partial charge in [-0.2, -0.15) is 0 Å². The zero-order chi connectivity index (χ0) is 29.7. The van der Waals surface area contributed by atoms with Gasteiger partial charge < -0.3 is 39.0 Å². The van der Waals surface area contributed by atoms with Crippen molar-refractivity contribution in [3.8, 4) is 17.1 Å². The highest BCUT2D eigenvalue weighted by Gasteiger charge is 2.32. The lowest BCUT2D eigenvalue weighted by molar-refractivity contribution is -0.274. The molecular formula is C28H33F3N6O5. The molecule has 11 nitrogen and oxygen atoms in total. The van der Waals surface area contributed by atoms with Crippen LogP contribution in [0.15, 0.2) is 42.7 Å². The Morgan fingerprint density at radius 2 is 1.98 bits per heavy atom. The van der Waals surface area contributed by atoms with Crippen LogP contribution in [-0.2, 0) is 16.0 Å². The molecule has 0 aliphatic carbocycles. The zero-order valence-corrected chi connectivity index (χ0v) is 23.1. The van der Waals surface area contributed by atoms with E-state index in [1.165, 1.54) is 24.5 Å². The molecule has 0 bridgehead atoms. The highest BCUT2D eigenvalue weighted by molar-refractivity contribution is 5.89. The Morgan fingerprint density at radius 3 is 2.69 bits per heavy atom. The van der Waals surface area contributed by atoms with Crippen molar-refractivity contribution >= 4 is 23.3 Å². The van der Waals surface area contributed by atoms with Crippen LogP contribution < -0.4 is 15.0 Å². The van der Waals surface area contributed by atoms with Gasteiger partial charge in [0.05, 0.1) is 29.2 Å². The van der Waals surface area contributed by atoms with Gasteiger partial charge in [0, 0.05) is 57.4 Å². The minimum Gasteiger partial charge on any atom is -0.478 e. The number of aromatic nitrogens is 3. The van der Waals surface area contributed by atoms with E-state index in [1.807, 2.05) is 7.05 Å². The number of carboxylic acid groups (broad SMARTS) is 1. The molecule has 1 atom stereocenters. The van der Waals surface area contributed by atoms with Crippen molar-refractivity contribution in [2.75, 3.05) is 56.7 Å². The summed E-state index contributed by atoms with van der Waals surface area (Å²) in [5.74, 6) is -1.51. The summed E-state index contributed by atoms with van der Waals surface area (Å²) < 4.78 is 57.0. The third-order valence-corrected chi connectivity index (χ3v) is 7.14. The van der Waals surface area contributed by atoms with Crippen LogP contribution in [0.2, 0.25) is 0 Å². The van der Waals surface area contributed by atoms with E-state index in [0.29, 0.717) is 31.1 Å². The summed E-state index contributed by atoms with van der Waals surface area (Å²) in [7, 11) is 2.02. The third kappa shape index (κ3) is 7.69. The lowest BCUT2D eigenvalue weighted by atomic mass is 10.2. The Hall–Kier alpha value is -3.88. The number of alkyl halides is 3. The Kier molecular flexibility index (Phi) is 9.14. The van der Waals surface area contributed by atoms with Crippen LogP contribution >= 0.6 is 0 Å². The number of ether oxygens (including phenoxy) is 3. The first-order valence-electron chi connectivity index (χ1n) is 13.7. The van der Waals surface area contributed by atoms with Gasteiger partial charge in [0.15, 0.2) is 12.0 Å². The van der Waals surface area contributed by atoms with Crippen molar-refractivity contribution < 1.29 is 37.3 Å². The first-order valence-corrected chi connectivity index (χ1v) is 13.7. The van der Waals surface area contributed by atoms with E-state index in [1.54, 1.807) is 22.8 Å². The summed E-state index contributed by atoms with van der Waals surface area (Å²) in [6.45, 7) is 4.37. The highest BCUT2D eigenvalue weighted by atomic mass is 19.4. The van der Waals surface area contributed by atoms with E-state index in [4.69, 9.17) is 9.47 Å². The number of nitrogens with one attached hydrogen (secondary N) is 1. The molecule has 226 valence electrons. The molecule has 4 heterocycles. The first-order chi connectivity index (χ1) is 20.1. The molecule has 2 N–H and O–H groups in total. The Bertz CT molecular complexity index is 1370. The summed E-state index contributed by atoms with van der Waals surface area (Å²) >= 11 is 0. The highest BCUT2D eigenvalue weighted by Crippen LogP contribution is 2.35. The van der Waals surface area contributed by atoms with Gasteiger partial charge in [-0.15, -0.1) is 13.2 Å². The minimum absolute atomic E-state index is 0.0199. The van der Waals surface area contributed by atoms with Gasteiger partial charge in [0.1, 0.15) is 0 Å². The van der Waals surface area contributed by atoms with E-state index in [-0.39, 0.29) is 23.5 Å². The quantitative estimate of drug-likeness (QED) is 0.348. The SMILES string of the molecule is CN1CCN(c2ccc(OC(F)(F)F)c(Nc3nccc(-c4cc(C(=O)O)cn4CCOC4CCCCO4)n3)c2)CC1. The monoisotopic (exact) mass is 590 g/mol.